The molecule has 2 rings (SSSR count). The second kappa shape index (κ2) is 10.8. The van der Waals surface area contributed by atoms with Gasteiger partial charge in [0.2, 0.25) is 5.91 Å². The van der Waals surface area contributed by atoms with Crippen LogP contribution in [-0.2, 0) is 11.3 Å². The first-order valence-corrected chi connectivity index (χ1v) is 11.4. The summed E-state index contributed by atoms with van der Waals surface area (Å²) in [5.41, 5.74) is -0.685. The summed E-state index contributed by atoms with van der Waals surface area (Å²) in [6, 6.07) is 2.55. The number of rotatable bonds is 10. The van der Waals surface area contributed by atoms with Gasteiger partial charge >= 0.3 is 0 Å². The first-order valence-electron chi connectivity index (χ1n) is 10.4. The van der Waals surface area contributed by atoms with E-state index in [4.69, 9.17) is 0 Å². The van der Waals surface area contributed by atoms with Gasteiger partial charge in [-0.2, -0.15) is 5.26 Å². The Morgan fingerprint density at radius 1 is 1.32 bits per heavy atom. The van der Waals surface area contributed by atoms with Crippen LogP contribution in [0.1, 0.15) is 77.1 Å². The smallest absolute Gasteiger partial charge is 0.231 e. The van der Waals surface area contributed by atoms with Gasteiger partial charge in [0, 0.05) is 6.54 Å². The number of aromatic nitrogens is 3. The van der Waals surface area contributed by atoms with Crippen molar-refractivity contribution in [2.75, 3.05) is 19.8 Å². The van der Waals surface area contributed by atoms with Gasteiger partial charge in [0.05, 0.1) is 17.9 Å². The lowest BCUT2D eigenvalue weighted by Crippen LogP contribution is -2.49. The number of nitriles is 1. The standard InChI is InChI=1S/C20H34N6OS/c1-5-7-13-26-18(16(6-2)25(3)4)23-24-19(26)28-14-17(27)22-20(15-21)11-9-8-10-12-20/h16H,5-14H2,1-4H3,(H,22,27)/t16-/m0/s1. The first kappa shape index (κ1) is 22.7. The molecule has 1 N–H and O–H groups in total. The molecule has 1 aliphatic carbocycles. The molecule has 1 heterocycles. The highest BCUT2D eigenvalue weighted by atomic mass is 32.2. The largest absolute Gasteiger partial charge is 0.337 e. The van der Waals surface area contributed by atoms with Crippen LogP contribution in [0.5, 0.6) is 0 Å². The molecule has 0 aliphatic heterocycles. The van der Waals surface area contributed by atoms with E-state index in [2.05, 4.69) is 59.0 Å². The molecular weight excluding hydrogens is 372 g/mol. The molecule has 1 atom stereocenters. The van der Waals surface area contributed by atoms with Crippen LogP contribution in [0, 0.1) is 11.3 Å². The van der Waals surface area contributed by atoms with Crippen molar-refractivity contribution in [3.05, 3.63) is 5.82 Å². The van der Waals surface area contributed by atoms with Crippen molar-refractivity contribution in [3.63, 3.8) is 0 Å². The lowest BCUT2D eigenvalue weighted by Gasteiger charge is -2.31. The van der Waals surface area contributed by atoms with Gasteiger partial charge in [0.1, 0.15) is 5.54 Å². The Morgan fingerprint density at radius 3 is 2.61 bits per heavy atom. The number of amides is 1. The van der Waals surface area contributed by atoms with E-state index in [1.54, 1.807) is 0 Å². The van der Waals surface area contributed by atoms with E-state index in [1.165, 1.54) is 11.8 Å². The summed E-state index contributed by atoms with van der Waals surface area (Å²) >= 11 is 1.41. The average molecular weight is 407 g/mol. The number of hydrogen-bond acceptors (Lipinski definition) is 6. The number of nitrogens with zero attached hydrogens (tertiary/aromatic N) is 5. The number of carbonyl (C=O) groups excluding carboxylic acids is 1. The van der Waals surface area contributed by atoms with E-state index in [1.807, 2.05) is 0 Å². The molecule has 8 heteroatoms. The van der Waals surface area contributed by atoms with Crippen molar-refractivity contribution in [2.24, 2.45) is 0 Å². The molecule has 28 heavy (non-hydrogen) atoms. The number of nitrogens with one attached hydrogen (secondary N) is 1. The molecule has 1 saturated carbocycles. The highest BCUT2D eigenvalue weighted by Crippen LogP contribution is 2.29. The van der Waals surface area contributed by atoms with Crippen molar-refractivity contribution in [1.29, 1.82) is 5.26 Å². The van der Waals surface area contributed by atoms with Gasteiger partial charge < -0.3 is 9.88 Å². The van der Waals surface area contributed by atoms with Gasteiger partial charge in [0.15, 0.2) is 11.0 Å². The lowest BCUT2D eigenvalue weighted by atomic mass is 9.83. The quantitative estimate of drug-likeness (QED) is 0.598. The second-order valence-electron chi connectivity index (χ2n) is 7.83. The Balaban J connectivity index is 2.07. The predicted octanol–water partition coefficient (Wildman–Crippen LogP) is 3.53. The Morgan fingerprint density at radius 2 is 2.04 bits per heavy atom. The third-order valence-electron chi connectivity index (χ3n) is 5.42. The fraction of sp³-hybridized carbons (Fsp3) is 0.800. The van der Waals surface area contributed by atoms with Crippen LogP contribution in [0.3, 0.4) is 0 Å². The Kier molecular flexibility index (Phi) is 8.77. The molecule has 0 radical (unpaired) electrons. The molecule has 7 nitrogen and oxygen atoms in total. The molecule has 0 unspecified atom stereocenters. The monoisotopic (exact) mass is 406 g/mol. The van der Waals surface area contributed by atoms with Crippen molar-refractivity contribution in [3.8, 4) is 6.07 Å². The third-order valence-corrected chi connectivity index (χ3v) is 6.39. The van der Waals surface area contributed by atoms with Gasteiger partial charge in [-0.25, -0.2) is 0 Å². The molecule has 1 aromatic heterocycles. The lowest BCUT2D eigenvalue weighted by molar-refractivity contribution is -0.120. The predicted molar refractivity (Wildman–Crippen MR) is 112 cm³/mol. The number of carbonyl (C=O) groups is 1. The van der Waals surface area contributed by atoms with E-state index < -0.39 is 5.54 Å². The minimum absolute atomic E-state index is 0.0975. The minimum Gasteiger partial charge on any atom is -0.337 e. The fourth-order valence-corrected chi connectivity index (χ4v) is 4.58. The van der Waals surface area contributed by atoms with E-state index >= 15 is 0 Å². The summed E-state index contributed by atoms with van der Waals surface area (Å²) in [7, 11) is 4.11. The van der Waals surface area contributed by atoms with Crippen LogP contribution in [0.2, 0.25) is 0 Å². The maximum absolute atomic E-state index is 12.5. The van der Waals surface area contributed by atoms with Crippen molar-refractivity contribution in [1.82, 2.24) is 25.0 Å². The van der Waals surface area contributed by atoms with Crippen LogP contribution in [0.4, 0.5) is 0 Å². The summed E-state index contributed by atoms with van der Waals surface area (Å²) in [4.78, 5) is 14.7. The zero-order valence-corrected chi connectivity index (χ0v) is 18.5. The summed E-state index contributed by atoms with van der Waals surface area (Å²) in [6.45, 7) is 5.17. The van der Waals surface area contributed by atoms with Crippen molar-refractivity contribution in [2.45, 2.75) is 88.5 Å². The number of hydrogen-bond donors (Lipinski definition) is 1. The highest BCUT2D eigenvalue weighted by molar-refractivity contribution is 7.99. The Labute approximate surface area is 173 Å². The molecule has 1 fully saturated rings. The summed E-state index contributed by atoms with van der Waals surface area (Å²) in [5.74, 6) is 1.12. The van der Waals surface area contributed by atoms with E-state index in [0.717, 1.165) is 68.9 Å². The van der Waals surface area contributed by atoms with Crippen LogP contribution >= 0.6 is 11.8 Å². The molecule has 1 aromatic rings. The van der Waals surface area contributed by atoms with Gasteiger partial charge in [-0.15, -0.1) is 10.2 Å². The second-order valence-corrected chi connectivity index (χ2v) is 8.77. The summed E-state index contributed by atoms with van der Waals surface area (Å²) < 4.78 is 2.16. The van der Waals surface area contributed by atoms with Gasteiger partial charge in [-0.3, -0.25) is 9.69 Å². The Hall–Kier alpha value is -1.59. The average Bonchev–Trinajstić information content (AvgIpc) is 3.08. The normalized spacial score (nSPS) is 17.3. The van der Waals surface area contributed by atoms with Crippen molar-refractivity contribution < 1.29 is 4.79 Å². The summed E-state index contributed by atoms with van der Waals surface area (Å²) in [6.07, 6.45) is 7.72. The summed E-state index contributed by atoms with van der Waals surface area (Å²) in [5, 5.41) is 22.2. The molecule has 0 bridgehead atoms. The SMILES string of the molecule is CCCCn1c(SCC(=O)NC2(C#N)CCCCC2)nnc1[C@H](CC)N(C)C. The van der Waals surface area contributed by atoms with Crippen LogP contribution in [0.15, 0.2) is 5.16 Å². The molecule has 1 aliphatic rings. The highest BCUT2D eigenvalue weighted by Gasteiger charge is 2.33. The molecule has 0 spiro atoms. The maximum Gasteiger partial charge on any atom is 0.231 e. The maximum atomic E-state index is 12.5. The topological polar surface area (TPSA) is 86.8 Å². The van der Waals surface area contributed by atoms with Gasteiger partial charge in [-0.05, 0) is 39.8 Å². The van der Waals surface area contributed by atoms with E-state index in [-0.39, 0.29) is 17.7 Å². The van der Waals surface area contributed by atoms with Gasteiger partial charge in [-0.1, -0.05) is 51.3 Å². The minimum atomic E-state index is -0.685. The van der Waals surface area contributed by atoms with Crippen molar-refractivity contribution >= 4 is 17.7 Å². The first-order chi connectivity index (χ1) is 13.5. The number of thioether (sulfide) groups is 1. The van der Waals surface area contributed by atoms with Crippen LogP contribution in [-0.4, -0.2) is 51.0 Å². The van der Waals surface area contributed by atoms with E-state index in [0.29, 0.717) is 0 Å². The van der Waals surface area contributed by atoms with Crippen LogP contribution < -0.4 is 5.32 Å². The molecule has 156 valence electrons. The van der Waals surface area contributed by atoms with E-state index in [9.17, 15) is 10.1 Å². The van der Waals surface area contributed by atoms with Gasteiger partial charge in [0.25, 0.3) is 0 Å². The number of unbranched alkanes of at least 4 members (excludes halogenated alkanes) is 1. The molecule has 0 aromatic carbocycles. The zero-order chi connectivity index (χ0) is 20.6. The third kappa shape index (κ3) is 5.71. The Bertz CT molecular complexity index is 675. The molecule has 1 amide bonds. The van der Waals surface area contributed by atoms with Crippen LogP contribution in [0.25, 0.3) is 0 Å². The zero-order valence-electron chi connectivity index (χ0n) is 17.7. The molecular formula is C20H34N6OS. The fourth-order valence-electron chi connectivity index (χ4n) is 3.81. The molecule has 0 saturated heterocycles.